The van der Waals surface area contributed by atoms with Crippen LogP contribution >= 0.6 is 39.1 Å². The molecule has 2 aromatic rings. The molecule has 0 atom stereocenters. The highest BCUT2D eigenvalue weighted by Crippen LogP contribution is 2.35. The molecule has 2 nitrogen and oxygen atoms in total. The van der Waals surface area contributed by atoms with E-state index in [9.17, 15) is 0 Å². The summed E-state index contributed by atoms with van der Waals surface area (Å²) in [5.41, 5.74) is 6.28. The Balaban J connectivity index is 2.31. The first-order chi connectivity index (χ1) is 8.06. The van der Waals surface area contributed by atoms with Gasteiger partial charge in [-0.1, -0.05) is 23.2 Å². The first-order valence-electron chi connectivity index (χ1n) is 4.74. The Morgan fingerprint density at radius 1 is 0.941 bits per heavy atom. The Labute approximate surface area is 117 Å². The van der Waals surface area contributed by atoms with E-state index in [1.165, 1.54) is 0 Å². The topological polar surface area (TPSA) is 35.2 Å². The Morgan fingerprint density at radius 3 is 2.12 bits per heavy atom. The number of nitrogen functional groups attached to an aromatic ring is 1. The number of hydrogen-bond acceptors (Lipinski definition) is 2. The van der Waals surface area contributed by atoms with Crippen LogP contribution < -0.4 is 10.5 Å². The monoisotopic (exact) mass is 331 g/mol. The van der Waals surface area contributed by atoms with E-state index in [1.807, 2.05) is 0 Å². The summed E-state index contributed by atoms with van der Waals surface area (Å²) in [7, 11) is 0. The largest absolute Gasteiger partial charge is 0.454 e. The van der Waals surface area contributed by atoms with Crippen molar-refractivity contribution >= 4 is 44.8 Å². The second-order valence-electron chi connectivity index (χ2n) is 3.36. The van der Waals surface area contributed by atoms with E-state index in [0.29, 0.717) is 27.2 Å². The molecule has 2 aromatic carbocycles. The van der Waals surface area contributed by atoms with Crippen molar-refractivity contribution in [3.05, 3.63) is 50.9 Å². The molecular formula is C12H8BrCl2NO. The van der Waals surface area contributed by atoms with E-state index >= 15 is 0 Å². The van der Waals surface area contributed by atoms with Gasteiger partial charge < -0.3 is 10.5 Å². The number of halogens is 3. The number of nitrogens with two attached hydrogens (primary N) is 1. The average molecular weight is 333 g/mol. The van der Waals surface area contributed by atoms with Gasteiger partial charge in [-0.2, -0.15) is 0 Å². The molecule has 0 amide bonds. The van der Waals surface area contributed by atoms with Crippen LogP contribution in [0.1, 0.15) is 0 Å². The first kappa shape index (κ1) is 12.6. The van der Waals surface area contributed by atoms with Gasteiger partial charge in [-0.15, -0.1) is 0 Å². The van der Waals surface area contributed by atoms with Gasteiger partial charge in [0.25, 0.3) is 0 Å². The second-order valence-corrected chi connectivity index (χ2v) is 5.09. The molecule has 88 valence electrons. The minimum absolute atomic E-state index is 0.486. The van der Waals surface area contributed by atoms with E-state index in [1.54, 1.807) is 36.4 Å². The Kier molecular flexibility index (Phi) is 3.82. The summed E-state index contributed by atoms with van der Waals surface area (Å²) in [5.74, 6) is 1.20. The minimum Gasteiger partial charge on any atom is -0.454 e. The van der Waals surface area contributed by atoms with E-state index in [2.05, 4.69) is 15.9 Å². The Bertz CT molecular complexity index is 511. The zero-order valence-electron chi connectivity index (χ0n) is 8.58. The Morgan fingerprint density at radius 2 is 1.53 bits per heavy atom. The second kappa shape index (κ2) is 5.17. The molecule has 0 aromatic heterocycles. The molecule has 0 heterocycles. The van der Waals surface area contributed by atoms with Crippen molar-refractivity contribution < 1.29 is 4.74 Å². The predicted octanol–water partition coefficient (Wildman–Crippen LogP) is 5.13. The smallest absolute Gasteiger partial charge is 0.150 e. The molecule has 0 aliphatic heterocycles. The Hall–Kier alpha value is -0.900. The highest BCUT2D eigenvalue weighted by atomic mass is 79.9. The van der Waals surface area contributed by atoms with Crippen molar-refractivity contribution in [3.63, 3.8) is 0 Å². The number of benzene rings is 2. The van der Waals surface area contributed by atoms with Crippen LogP contribution in [0.5, 0.6) is 11.5 Å². The molecule has 2 rings (SSSR count). The van der Waals surface area contributed by atoms with Crippen LogP contribution in [-0.4, -0.2) is 0 Å². The number of ether oxygens (including phenoxy) is 1. The minimum atomic E-state index is 0.486. The zero-order valence-corrected chi connectivity index (χ0v) is 11.7. The molecule has 17 heavy (non-hydrogen) atoms. The summed E-state index contributed by atoms with van der Waals surface area (Å²) in [4.78, 5) is 0. The zero-order chi connectivity index (χ0) is 12.4. The van der Waals surface area contributed by atoms with Gasteiger partial charge in [-0.3, -0.25) is 0 Å². The fraction of sp³-hybridized carbons (Fsp3) is 0. The summed E-state index contributed by atoms with van der Waals surface area (Å²) in [6, 6.07) is 10.3. The van der Waals surface area contributed by atoms with Crippen LogP contribution in [0.25, 0.3) is 0 Å². The van der Waals surface area contributed by atoms with Gasteiger partial charge in [0.15, 0.2) is 0 Å². The van der Waals surface area contributed by atoms with E-state index in [4.69, 9.17) is 33.7 Å². The molecule has 0 aliphatic carbocycles. The maximum absolute atomic E-state index is 5.84. The maximum Gasteiger partial charge on any atom is 0.150 e. The maximum atomic E-state index is 5.84. The molecule has 0 radical (unpaired) electrons. The van der Waals surface area contributed by atoms with Crippen molar-refractivity contribution in [1.29, 1.82) is 0 Å². The molecule has 0 unspecified atom stereocenters. The lowest BCUT2D eigenvalue weighted by atomic mass is 10.3. The highest BCUT2D eigenvalue weighted by molar-refractivity contribution is 9.10. The number of rotatable bonds is 2. The first-order valence-corrected chi connectivity index (χ1v) is 6.29. The van der Waals surface area contributed by atoms with Gasteiger partial charge in [0, 0.05) is 10.0 Å². The molecule has 0 spiro atoms. The number of hydrogen-bond donors (Lipinski definition) is 1. The highest BCUT2D eigenvalue weighted by Gasteiger charge is 2.06. The van der Waals surface area contributed by atoms with Gasteiger partial charge in [0.1, 0.15) is 11.5 Å². The van der Waals surface area contributed by atoms with Crippen LogP contribution in [0.2, 0.25) is 10.0 Å². The van der Waals surface area contributed by atoms with Crippen LogP contribution in [0, 0.1) is 0 Å². The van der Waals surface area contributed by atoms with Gasteiger partial charge >= 0.3 is 0 Å². The van der Waals surface area contributed by atoms with Crippen molar-refractivity contribution in [1.82, 2.24) is 0 Å². The average Bonchev–Trinajstić information content (AvgIpc) is 2.25. The molecule has 0 saturated heterocycles. The fourth-order valence-corrected chi connectivity index (χ4v) is 2.23. The lowest BCUT2D eigenvalue weighted by Crippen LogP contribution is -1.92. The SMILES string of the molecule is Nc1cc(Cl)ccc1Oc1ccc(Cl)cc1Br. The van der Waals surface area contributed by atoms with Crippen LogP contribution in [0.4, 0.5) is 5.69 Å². The summed E-state index contributed by atoms with van der Waals surface area (Å²) in [5, 5.41) is 1.21. The molecule has 0 saturated carbocycles. The van der Waals surface area contributed by atoms with Crippen LogP contribution in [-0.2, 0) is 0 Å². The van der Waals surface area contributed by atoms with E-state index in [0.717, 1.165) is 4.47 Å². The van der Waals surface area contributed by atoms with Crippen molar-refractivity contribution in [3.8, 4) is 11.5 Å². The predicted molar refractivity (Wildman–Crippen MR) is 75.1 cm³/mol. The third kappa shape index (κ3) is 3.06. The van der Waals surface area contributed by atoms with Gasteiger partial charge in [0.2, 0.25) is 0 Å². The molecule has 5 heteroatoms. The summed E-state index contributed by atoms with van der Waals surface area (Å²) < 4.78 is 6.42. The standard InChI is InChI=1S/C12H8BrCl2NO/c13-9-5-7(14)1-3-11(9)17-12-4-2-8(15)6-10(12)16/h1-6H,16H2. The molecule has 2 N–H and O–H groups in total. The normalized spacial score (nSPS) is 10.3. The third-order valence-electron chi connectivity index (χ3n) is 2.09. The third-order valence-corrected chi connectivity index (χ3v) is 3.18. The summed E-state index contributed by atoms with van der Waals surface area (Å²) in [6.45, 7) is 0. The molecule has 0 bridgehead atoms. The van der Waals surface area contributed by atoms with Crippen LogP contribution in [0.3, 0.4) is 0 Å². The number of anilines is 1. The van der Waals surface area contributed by atoms with Crippen molar-refractivity contribution in [2.24, 2.45) is 0 Å². The van der Waals surface area contributed by atoms with Gasteiger partial charge in [-0.05, 0) is 52.3 Å². The lowest BCUT2D eigenvalue weighted by Gasteiger charge is -2.10. The lowest BCUT2D eigenvalue weighted by molar-refractivity contribution is 0.482. The summed E-state index contributed by atoms with van der Waals surface area (Å²) in [6.07, 6.45) is 0. The van der Waals surface area contributed by atoms with E-state index in [-0.39, 0.29) is 0 Å². The molecular weight excluding hydrogens is 325 g/mol. The molecule has 0 aliphatic rings. The van der Waals surface area contributed by atoms with Gasteiger partial charge in [0.05, 0.1) is 10.2 Å². The quantitative estimate of drug-likeness (QED) is 0.773. The van der Waals surface area contributed by atoms with Crippen molar-refractivity contribution in [2.75, 3.05) is 5.73 Å². The molecule has 0 fully saturated rings. The fourth-order valence-electron chi connectivity index (χ4n) is 1.29. The van der Waals surface area contributed by atoms with Crippen LogP contribution in [0.15, 0.2) is 40.9 Å². The van der Waals surface area contributed by atoms with E-state index < -0.39 is 0 Å². The summed E-state index contributed by atoms with van der Waals surface area (Å²) >= 11 is 15.0. The van der Waals surface area contributed by atoms with Gasteiger partial charge in [-0.25, -0.2) is 0 Å². The van der Waals surface area contributed by atoms with Crippen molar-refractivity contribution in [2.45, 2.75) is 0 Å².